The Kier molecular flexibility index (Phi) is 9.08. The van der Waals surface area contributed by atoms with Crippen LogP contribution in [0, 0.1) is 0 Å². The fraction of sp³-hybridized carbons (Fsp3) is 0.148. The summed E-state index contributed by atoms with van der Waals surface area (Å²) >= 11 is 0. The van der Waals surface area contributed by atoms with Gasteiger partial charge in [0.25, 0.3) is 11.8 Å². The third-order valence-electron chi connectivity index (χ3n) is 5.34. The summed E-state index contributed by atoms with van der Waals surface area (Å²) in [6.45, 7) is 0. The molecule has 0 saturated heterocycles. The SMILES string of the molecule is CN(C)P(=O)(/C(=C(/NC(=O)c1ccccc1)C(=O)N/N=C/c1ccccc1)c1ccccc1)N(C)C. The average Bonchev–Trinajstić information content (AvgIpc) is 2.89. The highest BCUT2D eigenvalue weighted by Crippen LogP contribution is 2.62. The molecule has 0 aliphatic rings. The molecule has 9 heteroatoms. The van der Waals surface area contributed by atoms with Crippen LogP contribution in [-0.2, 0) is 9.36 Å². The van der Waals surface area contributed by atoms with Crippen LogP contribution in [0.2, 0.25) is 0 Å². The zero-order chi connectivity index (χ0) is 26.1. The minimum Gasteiger partial charge on any atom is -0.317 e. The van der Waals surface area contributed by atoms with Gasteiger partial charge >= 0.3 is 0 Å². The van der Waals surface area contributed by atoms with Crippen molar-refractivity contribution in [2.24, 2.45) is 5.10 Å². The van der Waals surface area contributed by atoms with E-state index >= 15 is 0 Å². The highest BCUT2D eigenvalue weighted by Gasteiger charge is 2.38. The van der Waals surface area contributed by atoms with Crippen LogP contribution in [0.5, 0.6) is 0 Å². The molecule has 0 atom stereocenters. The maximum absolute atomic E-state index is 14.5. The second-order valence-corrected chi connectivity index (χ2v) is 11.4. The van der Waals surface area contributed by atoms with E-state index in [9.17, 15) is 14.2 Å². The highest BCUT2D eigenvalue weighted by atomic mass is 31.2. The van der Waals surface area contributed by atoms with Gasteiger partial charge in [0.15, 0.2) is 0 Å². The summed E-state index contributed by atoms with van der Waals surface area (Å²) in [5.41, 5.74) is 4.02. The number of carbonyl (C=O) groups excluding carboxylic acids is 2. The maximum Gasteiger partial charge on any atom is 0.288 e. The van der Waals surface area contributed by atoms with Gasteiger partial charge in [0.1, 0.15) is 5.70 Å². The standard InChI is InChI=1S/C27H30N5O3P/c1-31(2)36(35,32(3)4)25(22-16-10-6-11-17-22)24(29-26(33)23-18-12-7-13-19-23)27(34)30-28-20-21-14-8-5-9-15-21/h5-20H,1-4H3,(H,29,33)(H,30,34)/b25-24+,28-20+. The zero-order valence-corrected chi connectivity index (χ0v) is 21.6. The zero-order valence-electron chi connectivity index (χ0n) is 20.8. The Morgan fingerprint density at radius 3 is 1.72 bits per heavy atom. The van der Waals surface area contributed by atoms with E-state index in [1.165, 1.54) is 6.21 Å². The quantitative estimate of drug-likeness (QED) is 0.197. The number of hydrogen-bond acceptors (Lipinski definition) is 4. The van der Waals surface area contributed by atoms with Gasteiger partial charge in [-0.15, -0.1) is 0 Å². The monoisotopic (exact) mass is 503 g/mol. The Morgan fingerprint density at radius 2 is 1.22 bits per heavy atom. The molecule has 0 aromatic heterocycles. The molecule has 186 valence electrons. The van der Waals surface area contributed by atoms with Gasteiger partial charge in [0.05, 0.1) is 11.5 Å². The summed E-state index contributed by atoms with van der Waals surface area (Å²) in [4.78, 5) is 26.7. The molecule has 8 nitrogen and oxygen atoms in total. The average molecular weight is 504 g/mol. The van der Waals surface area contributed by atoms with E-state index in [0.29, 0.717) is 11.1 Å². The second kappa shape index (κ2) is 12.2. The fourth-order valence-corrected chi connectivity index (χ4v) is 6.02. The van der Waals surface area contributed by atoms with Gasteiger partial charge in [-0.3, -0.25) is 14.2 Å². The predicted octanol–water partition coefficient (Wildman–Crippen LogP) is 4.25. The van der Waals surface area contributed by atoms with Crippen LogP contribution < -0.4 is 10.7 Å². The Labute approximate surface area is 211 Å². The molecule has 36 heavy (non-hydrogen) atoms. The third kappa shape index (κ3) is 6.23. The van der Waals surface area contributed by atoms with Gasteiger partial charge < -0.3 is 5.32 Å². The number of rotatable bonds is 9. The normalized spacial score (nSPS) is 12.5. The maximum atomic E-state index is 14.5. The van der Waals surface area contributed by atoms with Gasteiger partial charge in [-0.1, -0.05) is 78.9 Å². The Morgan fingerprint density at radius 1 is 0.750 bits per heavy atom. The van der Waals surface area contributed by atoms with Crippen molar-refractivity contribution in [3.8, 4) is 0 Å². The van der Waals surface area contributed by atoms with Crippen LogP contribution in [-0.4, -0.2) is 55.6 Å². The van der Waals surface area contributed by atoms with Crippen molar-refractivity contribution in [2.75, 3.05) is 28.2 Å². The molecule has 2 amide bonds. The molecule has 0 unspecified atom stereocenters. The highest BCUT2D eigenvalue weighted by molar-refractivity contribution is 7.69. The van der Waals surface area contributed by atoms with Crippen molar-refractivity contribution in [3.05, 3.63) is 113 Å². The first-order chi connectivity index (χ1) is 17.2. The molecule has 3 rings (SSSR count). The molecule has 0 radical (unpaired) electrons. The molecule has 0 spiro atoms. The molecule has 3 aromatic carbocycles. The van der Waals surface area contributed by atoms with E-state index in [2.05, 4.69) is 15.8 Å². The molecular formula is C27H30N5O3P. The van der Waals surface area contributed by atoms with Crippen LogP contribution in [0.4, 0.5) is 0 Å². The van der Waals surface area contributed by atoms with Gasteiger partial charge in [0.2, 0.25) is 7.44 Å². The molecular weight excluding hydrogens is 473 g/mol. The van der Waals surface area contributed by atoms with Crippen molar-refractivity contribution in [3.63, 3.8) is 0 Å². The van der Waals surface area contributed by atoms with Crippen molar-refractivity contribution in [1.82, 2.24) is 20.1 Å². The smallest absolute Gasteiger partial charge is 0.288 e. The molecule has 0 heterocycles. The Bertz CT molecular complexity index is 1280. The van der Waals surface area contributed by atoms with E-state index in [4.69, 9.17) is 0 Å². The number of amides is 2. The number of hydrogen-bond donors (Lipinski definition) is 2. The van der Waals surface area contributed by atoms with Gasteiger partial charge in [-0.05, 0) is 51.5 Å². The molecule has 0 aliphatic carbocycles. The van der Waals surface area contributed by atoms with Crippen LogP contribution in [0.25, 0.3) is 5.31 Å². The van der Waals surface area contributed by atoms with Crippen molar-refractivity contribution >= 4 is 30.8 Å². The van der Waals surface area contributed by atoms with Gasteiger partial charge in [0, 0.05) is 5.56 Å². The van der Waals surface area contributed by atoms with E-state index in [0.717, 1.165) is 5.56 Å². The molecule has 0 bridgehead atoms. The van der Waals surface area contributed by atoms with Crippen LogP contribution >= 0.6 is 7.44 Å². The van der Waals surface area contributed by atoms with Crippen molar-refractivity contribution in [2.45, 2.75) is 0 Å². The van der Waals surface area contributed by atoms with E-state index in [1.54, 1.807) is 92.1 Å². The summed E-state index contributed by atoms with van der Waals surface area (Å²) in [5.74, 6) is -1.21. The topological polar surface area (TPSA) is 94.1 Å². The van der Waals surface area contributed by atoms with E-state index in [-0.39, 0.29) is 11.0 Å². The minimum absolute atomic E-state index is 0.147. The molecule has 0 fully saturated rings. The second-order valence-electron chi connectivity index (χ2n) is 8.26. The first-order valence-electron chi connectivity index (χ1n) is 11.3. The first kappa shape index (κ1) is 26.8. The Balaban J connectivity index is 2.17. The summed E-state index contributed by atoms with van der Waals surface area (Å²) in [6, 6.07) is 26.7. The van der Waals surface area contributed by atoms with Gasteiger partial charge in [-0.25, -0.2) is 14.8 Å². The number of carbonyl (C=O) groups is 2. The molecule has 0 saturated carbocycles. The lowest BCUT2D eigenvalue weighted by atomic mass is 10.1. The first-order valence-corrected chi connectivity index (χ1v) is 12.9. The minimum atomic E-state index is -3.52. The molecule has 2 N–H and O–H groups in total. The summed E-state index contributed by atoms with van der Waals surface area (Å²) < 4.78 is 17.6. The van der Waals surface area contributed by atoms with Crippen LogP contribution in [0.15, 0.2) is 102 Å². The van der Waals surface area contributed by atoms with E-state index in [1.807, 2.05) is 36.4 Å². The third-order valence-corrected chi connectivity index (χ3v) is 8.57. The molecule has 0 aliphatic heterocycles. The number of nitrogens with zero attached hydrogens (tertiary/aromatic N) is 3. The Hall–Kier alpha value is -3.84. The molecule has 3 aromatic rings. The number of nitrogens with one attached hydrogen (secondary N) is 2. The summed E-state index contributed by atoms with van der Waals surface area (Å²) in [6.07, 6.45) is 1.49. The van der Waals surface area contributed by atoms with E-state index < -0.39 is 19.3 Å². The number of hydrazone groups is 1. The van der Waals surface area contributed by atoms with Crippen molar-refractivity contribution in [1.29, 1.82) is 0 Å². The lowest BCUT2D eigenvalue weighted by molar-refractivity contribution is -0.117. The van der Waals surface area contributed by atoms with Gasteiger partial charge in [-0.2, -0.15) is 5.10 Å². The lowest BCUT2D eigenvalue weighted by Crippen LogP contribution is -2.35. The fourth-order valence-electron chi connectivity index (χ4n) is 3.57. The largest absolute Gasteiger partial charge is 0.317 e. The summed E-state index contributed by atoms with van der Waals surface area (Å²) in [7, 11) is 3.17. The summed E-state index contributed by atoms with van der Waals surface area (Å²) in [5, 5.41) is 6.98. The predicted molar refractivity (Wildman–Crippen MR) is 144 cm³/mol. The number of benzene rings is 3. The lowest BCUT2D eigenvalue weighted by Gasteiger charge is -2.34. The van der Waals surface area contributed by atoms with Crippen LogP contribution in [0.1, 0.15) is 21.5 Å². The van der Waals surface area contributed by atoms with Crippen LogP contribution in [0.3, 0.4) is 0 Å². The van der Waals surface area contributed by atoms with Crippen molar-refractivity contribution < 1.29 is 14.2 Å².